The lowest BCUT2D eigenvalue weighted by Crippen LogP contribution is -2.42. The van der Waals surface area contributed by atoms with Gasteiger partial charge in [0.2, 0.25) is 0 Å². The number of hydrogen-bond acceptors (Lipinski definition) is 4. The number of thiocarbonyl (C=S) groups is 1. The van der Waals surface area contributed by atoms with Crippen molar-refractivity contribution in [2.45, 2.75) is 25.8 Å². The fraction of sp³-hybridized carbons (Fsp3) is 0.917. The molecule has 0 spiro atoms. The SMILES string of the molecule is COCCOCCCCNC(=S)NC(C)COC. The average molecular weight is 278 g/mol. The minimum absolute atomic E-state index is 0.229. The summed E-state index contributed by atoms with van der Waals surface area (Å²) in [7, 11) is 3.35. The van der Waals surface area contributed by atoms with Gasteiger partial charge < -0.3 is 24.8 Å². The second kappa shape index (κ2) is 13.0. The zero-order chi connectivity index (χ0) is 13.6. The van der Waals surface area contributed by atoms with Crippen molar-refractivity contribution in [1.29, 1.82) is 0 Å². The van der Waals surface area contributed by atoms with Crippen molar-refractivity contribution in [3.8, 4) is 0 Å². The molecule has 1 atom stereocenters. The van der Waals surface area contributed by atoms with Crippen molar-refractivity contribution in [2.24, 2.45) is 0 Å². The van der Waals surface area contributed by atoms with Gasteiger partial charge in [0.15, 0.2) is 5.11 Å². The Kier molecular flexibility index (Phi) is 12.7. The van der Waals surface area contributed by atoms with Crippen molar-refractivity contribution < 1.29 is 14.2 Å². The van der Waals surface area contributed by atoms with Gasteiger partial charge >= 0.3 is 0 Å². The molecule has 5 nitrogen and oxygen atoms in total. The van der Waals surface area contributed by atoms with Crippen LogP contribution in [0.2, 0.25) is 0 Å². The van der Waals surface area contributed by atoms with Crippen LogP contribution in [0, 0.1) is 0 Å². The third-order valence-electron chi connectivity index (χ3n) is 2.23. The molecule has 0 heterocycles. The number of hydrogen-bond donors (Lipinski definition) is 2. The molecule has 6 heteroatoms. The van der Waals surface area contributed by atoms with E-state index in [2.05, 4.69) is 10.6 Å². The molecule has 0 aromatic heterocycles. The predicted molar refractivity (Wildman–Crippen MR) is 77.0 cm³/mol. The molecule has 0 amide bonds. The Balaban J connectivity index is 3.25. The summed E-state index contributed by atoms with van der Waals surface area (Å²) in [4.78, 5) is 0. The van der Waals surface area contributed by atoms with Crippen molar-refractivity contribution in [3.63, 3.8) is 0 Å². The highest BCUT2D eigenvalue weighted by atomic mass is 32.1. The Labute approximate surface area is 116 Å². The molecule has 2 N–H and O–H groups in total. The zero-order valence-electron chi connectivity index (χ0n) is 11.7. The first-order chi connectivity index (χ1) is 8.70. The maximum atomic E-state index is 5.36. The lowest BCUT2D eigenvalue weighted by atomic mass is 10.3. The van der Waals surface area contributed by atoms with Crippen LogP contribution in [-0.4, -0.2) is 58.3 Å². The van der Waals surface area contributed by atoms with E-state index in [-0.39, 0.29) is 6.04 Å². The van der Waals surface area contributed by atoms with Crippen LogP contribution in [0.5, 0.6) is 0 Å². The summed E-state index contributed by atoms with van der Waals surface area (Å²) in [6.07, 6.45) is 2.06. The van der Waals surface area contributed by atoms with Crippen molar-refractivity contribution in [1.82, 2.24) is 10.6 Å². The van der Waals surface area contributed by atoms with Crippen LogP contribution in [0.25, 0.3) is 0 Å². The Morgan fingerprint density at radius 3 is 2.56 bits per heavy atom. The predicted octanol–water partition coefficient (Wildman–Crippen LogP) is 0.929. The van der Waals surface area contributed by atoms with Gasteiger partial charge in [-0.05, 0) is 32.0 Å². The van der Waals surface area contributed by atoms with Gasteiger partial charge in [0, 0.05) is 33.4 Å². The minimum Gasteiger partial charge on any atom is -0.383 e. The van der Waals surface area contributed by atoms with E-state index >= 15 is 0 Å². The monoisotopic (exact) mass is 278 g/mol. The van der Waals surface area contributed by atoms with Crippen LogP contribution >= 0.6 is 12.2 Å². The van der Waals surface area contributed by atoms with Gasteiger partial charge in [0.1, 0.15) is 0 Å². The highest BCUT2D eigenvalue weighted by Gasteiger charge is 2.02. The number of rotatable bonds is 11. The normalized spacial score (nSPS) is 12.2. The van der Waals surface area contributed by atoms with Gasteiger partial charge in [-0.3, -0.25) is 0 Å². The first kappa shape index (κ1) is 17.6. The van der Waals surface area contributed by atoms with E-state index in [0.29, 0.717) is 24.9 Å². The molecule has 0 radical (unpaired) electrons. The van der Waals surface area contributed by atoms with Crippen LogP contribution in [-0.2, 0) is 14.2 Å². The van der Waals surface area contributed by atoms with Crippen molar-refractivity contribution >= 4 is 17.3 Å². The molecule has 0 aliphatic heterocycles. The summed E-state index contributed by atoms with van der Waals surface area (Å²) in [5.74, 6) is 0. The molecule has 0 saturated heterocycles. The molecule has 108 valence electrons. The number of nitrogens with one attached hydrogen (secondary N) is 2. The highest BCUT2D eigenvalue weighted by Crippen LogP contribution is 1.89. The average Bonchev–Trinajstić information content (AvgIpc) is 2.32. The maximum absolute atomic E-state index is 5.36. The zero-order valence-corrected chi connectivity index (χ0v) is 12.5. The molecule has 1 unspecified atom stereocenters. The Hall–Kier alpha value is -0.430. The molecule has 0 rings (SSSR count). The fourth-order valence-electron chi connectivity index (χ4n) is 1.34. The summed E-state index contributed by atoms with van der Waals surface area (Å²) in [6.45, 7) is 5.63. The molecule has 0 aromatic rings. The standard InChI is InChI=1S/C12H26N2O3S/c1-11(10-16-3)14-12(18)13-6-4-5-7-17-9-8-15-2/h11H,4-10H2,1-3H3,(H2,13,14,18). The van der Waals surface area contributed by atoms with Gasteiger partial charge in [-0.1, -0.05) is 0 Å². The summed E-state index contributed by atoms with van der Waals surface area (Å²) in [6, 6.07) is 0.229. The Morgan fingerprint density at radius 1 is 1.11 bits per heavy atom. The lowest BCUT2D eigenvalue weighted by Gasteiger charge is -2.16. The Morgan fingerprint density at radius 2 is 1.89 bits per heavy atom. The number of methoxy groups -OCH3 is 2. The number of unbranched alkanes of at least 4 members (excludes halogenated alkanes) is 1. The van der Waals surface area contributed by atoms with E-state index in [1.807, 2.05) is 6.92 Å². The molecule has 0 aliphatic rings. The molecule has 0 bridgehead atoms. The lowest BCUT2D eigenvalue weighted by molar-refractivity contribution is 0.0689. The topological polar surface area (TPSA) is 51.8 Å². The van der Waals surface area contributed by atoms with Gasteiger partial charge in [0.25, 0.3) is 0 Å². The van der Waals surface area contributed by atoms with E-state index in [4.69, 9.17) is 26.4 Å². The number of ether oxygens (including phenoxy) is 3. The van der Waals surface area contributed by atoms with E-state index < -0.39 is 0 Å². The third-order valence-corrected chi connectivity index (χ3v) is 2.49. The van der Waals surface area contributed by atoms with Gasteiger partial charge in [-0.2, -0.15) is 0 Å². The molecule has 0 aliphatic carbocycles. The molecule has 0 fully saturated rings. The highest BCUT2D eigenvalue weighted by molar-refractivity contribution is 7.80. The first-order valence-electron chi connectivity index (χ1n) is 6.30. The molecular weight excluding hydrogens is 252 g/mol. The fourth-order valence-corrected chi connectivity index (χ4v) is 1.65. The van der Waals surface area contributed by atoms with Crippen LogP contribution in [0.3, 0.4) is 0 Å². The van der Waals surface area contributed by atoms with Gasteiger partial charge in [-0.25, -0.2) is 0 Å². The smallest absolute Gasteiger partial charge is 0.166 e. The first-order valence-corrected chi connectivity index (χ1v) is 6.71. The Bertz CT molecular complexity index is 206. The molecule has 18 heavy (non-hydrogen) atoms. The molecule has 0 aromatic carbocycles. The minimum atomic E-state index is 0.229. The van der Waals surface area contributed by atoms with Gasteiger partial charge in [0.05, 0.1) is 19.8 Å². The molecular formula is C12H26N2O3S. The van der Waals surface area contributed by atoms with Crippen LogP contribution in [0.1, 0.15) is 19.8 Å². The van der Waals surface area contributed by atoms with Crippen LogP contribution < -0.4 is 10.6 Å². The van der Waals surface area contributed by atoms with Crippen molar-refractivity contribution in [2.75, 3.05) is 47.2 Å². The largest absolute Gasteiger partial charge is 0.383 e. The summed E-state index contributed by atoms with van der Waals surface area (Å²) in [5, 5.41) is 6.99. The quantitative estimate of drug-likeness (QED) is 0.433. The van der Waals surface area contributed by atoms with Crippen LogP contribution in [0.15, 0.2) is 0 Å². The maximum Gasteiger partial charge on any atom is 0.166 e. The summed E-state index contributed by atoms with van der Waals surface area (Å²) in [5.41, 5.74) is 0. The van der Waals surface area contributed by atoms with E-state index in [1.165, 1.54) is 0 Å². The second-order valence-electron chi connectivity index (χ2n) is 4.07. The van der Waals surface area contributed by atoms with Crippen LogP contribution in [0.4, 0.5) is 0 Å². The summed E-state index contributed by atoms with van der Waals surface area (Å²) < 4.78 is 15.3. The van der Waals surface area contributed by atoms with E-state index in [0.717, 1.165) is 26.0 Å². The second-order valence-corrected chi connectivity index (χ2v) is 4.48. The molecule has 0 saturated carbocycles. The van der Waals surface area contributed by atoms with E-state index in [9.17, 15) is 0 Å². The van der Waals surface area contributed by atoms with E-state index in [1.54, 1.807) is 14.2 Å². The summed E-state index contributed by atoms with van der Waals surface area (Å²) >= 11 is 5.15. The van der Waals surface area contributed by atoms with Crippen molar-refractivity contribution in [3.05, 3.63) is 0 Å². The third kappa shape index (κ3) is 12.0. The van der Waals surface area contributed by atoms with Gasteiger partial charge in [-0.15, -0.1) is 0 Å².